The number of methoxy groups -OCH3 is 2. The van der Waals surface area contributed by atoms with Crippen LogP contribution in [0.25, 0.3) is 10.9 Å². The van der Waals surface area contributed by atoms with E-state index in [2.05, 4.69) is 9.72 Å². The molecule has 0 unspecified atom stereocenters. The van der Waals surface area contributed by atoms with Gasteiger partial charge in [0.05, 0.1) is 19.7 Å². The Bertz CT molecular complexity index is 630. The summed E-state index contributed by atoms with van der Waals surface area (Å²) in [6.45, 7) is 0. The molecule has 1 aromatic carbocycles. The number of hydrogen-bond donors (Lipinski definition) is 2. The molecule has 6 nitrogen and oxygen atoms in total. The fourth-order valence-electron chi connectivity index (χ4n) is 1.73. The molecular weight excluding hydrogens is 236 g/mol. The maximum atomic E-state index is 11.4. The summed E-state index contributed by atoms with van der Waals surface area (Å²) in [6.07, 6.45) is 0. The number of amides is 1. The number of carbonyl (C=O) groups is 2. The molecule has 0 aliphatic rings. The van der Waals surface area contributed by atoms with Crippen molar-refractivity contribution in [3.05, 3.63) is 29.5 Å². The maximum Gasteiger partial charge on any atom is 0.354 e. The van der Waals surface area contributed by atoms with Crippen molar-refractivity contribution >= 4 is 22.8 Å². The van der Waals surface area contributed by atoms with E-state index >= 15 is 0 Å². The zero-order chi connectivity index (χ0) is 13.3. The Morgan fingerprint density at radius 3 is 2.50 bits per heavy atom. The molecular formula is C12H12N2O4. The molecule has 0 radical (unpaired) electrons. The first kappa shape index (κ1) is 12.0. The van der Waals surface area contributed by atoms with Crippen LogP contribution < -0.4 is 10.5 Å². The van der Waals surface area contributed by atoms with E-state index in [4.69, 9.17) is 10.5 Å². The first-order valence-corrected chi connectivity index (χ1v) is 5.15. The van der Waals surface area contributed by atoms with Gasteiger partial charge in [-0.3, -0.25) is 4.79 Å². The molecule has 0 aliphatic carbocycles. The number of rotatable bonds is 3. The number of esters is 1. The molecule has 6 heteroatoms. The van der Waals surface area contributed by atoms with Crippen molar-refractivity contribution in [1.29, 1.82) is 0 Å². The highest BCUT2D eigenvalue weighted by atomic mass is 16.5. The molecule has 18 heavy (non-hydrogen) atoms. The topological polar surface area (TPSA) is 94.4 Å². The molecule has 0 atom stereocenters. The maximum absolute atomic E-state index is 11.4. The van der Waals surface area contributed by atoms with Crippen LogP contribution in [0.15, 0.2) is 18.2 Å². The third kappa shape index (κ3) is 1.88. The molecule has 0 fully saturated rings. The number of aromatic nitrogens is 1. The first-order valence-electron chi connectivity index (χ1n) is 5.15. The van der Waals surface area contributed by atoms with E-state index in [0.29, 0.717) is 22.2 Å². The zero-order valence-corrected chi connectivity index (χ0v) is 9.94. The van der Waals surface area contributed by atoms with E-state index < -0.39 is 11.9 Å². The van der Waals surface area contributed by atoms with Crippen LogP contribution in [0.5, 0.6) is 5.75 Å². The summed E-state index contributed by atoms with van der Waals surface area (Å²) in [5.74, 6) is -0.610. The Kier molecular flexibility index (Phi) is 2.93. The second-order valence-electron chi connectivity index (χ2n) is 3.68. The van der Waals surface area contributed by atoms with Crippen molar-refractivity contribution in [3.63, 3.8) is 0 Å². The van der Waals surface area contributed by atoms with Crippen molar-refractivity contribution in [2.75, 3.05) is 14.2 Å². The minimum atomic E-state index is -0.559. The van der Waals surface area contributed by atoms with Gasteiger partial charge in [0.15, 0.2) is 0 Å². The number of nitrogens with one attached hydrogen (secondary N) is 1. The fourth-order valence-corrected chi connectivity index (χ4v) is 1.73. The number of ether oxygens (including phenoxy) is 2. The second kappa shape index (κ2) is 4.40. The number of carbonyl (C=O) groups excluding carboxylic acids is 2. The molecule has 0 aliphatic heterocycles. The van der Waals surface area contributed by atoms with Crippen LogP contribution in [-0.2, 0) is 4.74 Å². The Balaban J connectivity index is 2.67. The van der Waals surface area contributed by atoms with Gasteiger partial charge in [-0.1, -0.05) is 0 Å². The molecule has 2 aromatic rings. The summed E-state index contributed by atoms with van der Waals surface area (Å²) in [5, 5.41) is 0.656. The van der Waals surface area contributed by atoms with Crippen molar-refractivity contribution < 1.29 is 19.1 Å². The number of nitrogens with two attached hydrogens (primary N) is 1. The Labute approximate surface area is 103 Å². The van der Waals surface area contributed by atoms with Gasteiger partial charge in [-0.15, -0.1) is 0 Å². The van der Waals surface area contributed by atoms with Crippen LogP contribution >= 0.6 is 0 Å². The quantitative estimate of drug-likeness (QED) is 0.794. The molecule has 1 aromatic heterocycles. The average Bonchev–Trinajstić information content (AvgIpc) is 2.80. The Morgan fingerprint density at radius 2 is 1.94 bits per heavy atom. The lowest BCUT2D eigenvalue weighted by atomic mass is 10.1. The lowest BCUT2D eigenvalue weighted by Gasteiger charge is -2.03. The second-order valence-corrected chi connectivity index (χ2v) is 3.68. The normalized spacial score (nSPS) is 10.3. The summed E-state index contributed by atoms with van der Waals surface area (Å²) >= 11 is 0. The fraction of sp³-hybridized carbons (Fsp3) is 0.167. The van der Waals surface area contributed by atoms with E-state index in [0.717, 1.165) is 0 Å². The van der Waals surface area contributed by atoms with Crippen LogP contribution in [0.4, 0.5) is 0 Å². The molecule has 94 valence electrons. The van der Waals surface area contributed by atoms with Gasteiger partial charge in [0.25, 0.3) is 0 Å². The van der Waals surface area contributed by atoms with Crippen molar-refractivity contribution in [2.24, 2.45) is 5.73 Å². The molecule has 0 saturated carbocycles. The van der Waals surface area contributed by atoms with E-state index in [1.54, 1.807) is 12.1 Å². The van der Waals surface area contributed by atoms with Crippen LogP contribution in [0.2, 0.25) is 0 Å². The SMILES string of the molecule is COC(=O)c1cc2cc(C(N)=O)cc(OC)c2[nH]1. The molecule has 0 saturated heterocycles. The number of aromatic amines is 1. The minimum absolute atomic E-state index is 0.285. The highest BCUT2D eigenvalue weighted by Crippen LogP contribution is 2.27. The molecule has 0 spiro atoms. The molecule has 3 N–H and O–H groups in total. The largest absolute Gasteiger partial charge is 0.495 e. The number of hydrogen-bond acceptors (Lipinski definition) is 4. The molecule has 1 heterocycles. The lowest BCUT2D eigenvalue weighted by molar-refractivity contribution is 0.0595. The van der Waals surface area contributed by atoms with Crippen molar-refractivity contribution in [3.8, 4) is 5.75 Å². The highest BCUT2D eigenvalue weighted by Gasteiger charge is 2.14. The predicted molar refractivity (Wildman–Crippen MR) is 64.7 cm³/mol. The number of fused-ring (bicyclic) bond motifs is 1. The standard InChI is InChI=1S/C12H12N2O4/c1-17-9-5-7(11(13)15)3-6-4-8(12(16)18-2)14-10(6)9/h3-5,14H,1-2H3,(H2,13,15). The third-order valence-corrected chi connectivity index (χ3v) is 2.60. The van der Waals surface area contributed by atoms with Gasteiger partial charge in [-0.2, -0.15) is 0 Å². The van der Waals surface area contributed by atoms with E-state index in [-0.39, 0.29) is 5.69 Å². The van der Waals surface area contributed by atoms with Crippen LogP contribution in [0.1, 0.15) is 20.8 Å². The lowest BCUT2D eigenvalue weighted by Crippen LogP contribution is -2.10. The smallest absolute Gasteiger partial charge is 0.354 e. The van der Waals surface area contributed by atoms with Crippen LogP contribution in [-0.4, -0.2) is 31.1 Å². The van der Waals surface area contributed by atoms with E-state index in [9.17, 15) is 9.59 Å². The summed E-state index contributed by atoms with van der Waals surface area (Å²) < 4.78 is 9.77. The minimum Gasteiger partial charge on any atom is -0.495 e. The van der Waals surface area contributed by atoms with E-state index in [1.807, 2.05) is 0 Å². The average molecular weight is 248 g/mol. The van der Waals surface area contributed by atoms with Gasteiger partial charge in [-0.25, -0.2) is 4.79 Å². The summed E-state index contributed by atoms with van der Waals surface area (Å²) in [6, 6.07) is 4.68. The van der Waals surface area contributed by atoms with Gasteiger partial charge in [-0.05, 0) is 18.2 Å². The molecule has 1 amide bonds. The zero-order valence-electron chi connectivity index (χ0n) is 9.94. The van der Waals surface area contributed by atoms with E-state index in [1.165, 1.54) is 20.3 Å². The number of primary amides is 1. The van der Waals surface area contributed by atoms with Crippen molar-refractivity contribution in [1.82, 2.24) is 4.98 Å². The monoisotopic (exact) mass is 248 g/mol. The number of H-pyrrole nitrogens is 1. The predicted octanol–water partition coefficient (Wildman–Crippen LogP) is 1.06. The Hall–Kier alpha value is -2.50. The van der Waals surface area contributed by atoms with Crippen molar-refractivity contribution in [2.45, 2.75) is 0 Å². The van der Waals surface area contributed by atoms with Crippen LogP contribution in [0.3, 0.4) is 0 Å². The van der Waals surface area contributed by atoms with Gasteiger partial charge in [0.1, 0.15) is 11.4 Å². The Morgan fingerprint density at radius 1 is 1.22 bits per heavy atom. The van der Waals surface area contributed by atoms with Gasteiger partial charge in [0, 0.05) is 10.9 Å². The summed E-state index contributed by atoms with van der Waals surface area (Å²) in [4.78, 5) is 25.5. The van der Waals surface area contributed by atoms with Gasteiger partial charge in [0.2, 0.25) is 5.91 Å². The first-order chi connectivity index (χ1) is 8.56. The van der Waals surface area contributed by atoms with Gasteiger partial charge < -0.3 is 20.2 Å². The highest BCUT2D eigenvalue weighted by molar-refractivity contribution is 6.02. The molecule has 0 bridgehead atoms. The van der Waals surface area contributed by atoms with Crippen LogP contribution in [0, 0.1) is 0 Å². The molecule has 2 rings (SSSR count). The number of benzene rings is 1. The van der Waals surface area contributed by atoms with Gasteiger partial charge >= 0.3 is 5.97 Å². The summed E-state index contributed by atoms with van der Waals surface area (Å²) in [5.41, 5.74) is 6.44. The summed E-state index contributed by atoms with van der Waals surface area (Å²) in [7, 11) is 2.76. The third-order valence-electron chi connectivity index (χ3n) is 2.60.